The van der Waals surface area contributed by atoms with Gasteiger partial charge in [-0.05, 0) is 43.2 Å². The molecule has 0 heterocycles. The molecule has 0 aliphatic carbocycles. The summed E-state index contributed by atoms with van der Waals surface area (Å²) in [4.78, 5) is 21.9. The number of carboxylic acids is 1. The van der Waals surface area contributed by atoms with E-state index in [1.165, 1.54) is 12.1 Å². The molecule has 0 aliphatic heterocycles. The molecular weight excluding hydrogens is 270 g/mol. The second-order valence-corrected chi connectivity index (χ2v) is 4.55. The van der Waals surface area contributed by atoms with Crippen LogP contribution in [0.25, 0.3) is 0 Å². The van der Waals surface area contributed by atoms with E-state index in [1.807, 2.05) is 25.1 Å². The van der Waals surface area contributed by atoms with Crippen LogP contribution in [0, 0.1) is 13.8 Å². The first-order valence-corrected chi connectivity index (χ1v) is 6.35. The van der Waals surface area contributed by atoms with Gasteiger partial charge in [0, 0.05) is 0 Å². The fourth-order valence-corrected chi connectivity index (χ4v) is 2.03. The lowest BCUT2D eigenvalue weighted by molar-refractivity contribution is -0.105. The van der Waals surface area contributed by atoms with Gasteiger partial charge in [-0.3, -0.25) is 4.79 Å². The Labute approximate surface area is 122 Å². The van der Waals surface area contributed by atoms with Crippen molar-refractivity contribution in [2.24, 2.45) is 0 Å². The maximum Gasteiger partial charge on any atom is 0.336 e. The third-order valence-corrected chi connectivity index (χ3v) is 3.17. The summed E-state index contributed by atoms with van der Waals surface area (Å²) in [5.41, 5.74) is 1.86. The maximum atomic E-state index is 11.1. The zero-order chi connectivity index (χ0) is 15.4. The van der Waals surface area contributed by atoms with Crippen molar-refractivity contribution in [3.05, 3.63) is 53.1 Å². The molecule has 0 spiro atoms. The van der Waals surface area contributed by atoms with E-state index in [4.69, 9.17) is 9.84 Å². The van der Waals surface area contributed by atoms with Crippen LogP contribution in [0.4, 0.5) is 5.69 Å². The Bertz CT molecular complexity index is 695. The van der Waals surface area contributed by atoms with E-state index < -0.39 is 5.97 Å². The summed E-state index contributed by atoms with van der Waals surface area (Å²) in [5, 5.41) is 11.6. The van der Waals surface area contributed by atoms with Gasteiger partial charge in [0.05, 0.1) is 11.3 Å². The molecule has 108 valence electrons. The number of benzene rings is 2. The first kappa shape index (κ1) is 14.6. The standard InChI is InChI=1S/C16H15NO4/c1-10-5-3-4-6-13(10)21-14-8-7-12(16(19)20)11(2)15(14)17-9-18/h3-9H,1-2H3,(H,17,18)(H,19,20). The predicted octanol–water partition coefficient (Wildman–Crippen LogP) is 3.36. The van der Waals surface area contributed by atoms with E-state index in [0.717, 1.165) is 5.56 Å². The topological polar surface area (TPSA) is 75.6 Å². The monoisotopic (exact) mass is 285 g/mol. The quantitative estimate of drug-likeness (QED) is 0.826. The van der Waals surface area contributed by atoms with Gasteiger partial charge in [0.2, 0.25) is 6.41 Å². The van der Waals surface area contributed by atoms with Gasteiger partial charge in [-0.2, -0.15) is 0 Å². The third-order valence-electron chi connectivity index (χ3n) is 3.17. The smallest absolute Gasteiger partial charge is 0.336 e. The number of ether oxygens (including phenoxy) is 1. The largest absolute Gasteiger partial charge is 0.478 e. The van der Waals surface area contributed by atoms with Gasteiger partial charge in [-0.25, -0.2) is 4.79 Å². The van der Waals surface area contributed by atoms with Crippen molar-refractivity contribution in [1.82, 2.24) is 0 Å². The molecule has 2 aromatic rings. The number of para-hydroxylation sites is 1. The minimum absolute atomic E-state index is 0.122. The molecule has 0 radical (unpaired) electrons. The fraction of sp³-hybridized carbons (Fsp3) is 0.125. The van der Waals surface area contributed by atoms with Crippen LogP contribution in [0.1, 0.15) is 21.5 Å². The molecule has 2 rings (SSSR count). The van der Waals surface area contributed by atoms with Crippen LogP contribution in [0.5, 0.6) is 11.5 Å². The van der Waals surface area contributed by atoms with Crippen molar-refractivity contribution in [2.75, 3.05) is 5.32 Å². The number of carbonyl (C=O) groups is 2. The zero-order valence-electron chi connectivity index (χ0n) is 11.7. The van der Waals surface area contributed by atoms with Crippen molar-refractivity contribution >= 4 is 18.1 Å². The molecule has 0 aliphatic rings. The van der Waals surface area contributed by atoms with E-state index in [9.17, 15) is 9.59 Å². The Kier molecular flexibility index (Phi) is 4.23. The Morgan fingerprint density at radius 3 is 2.48 bits per heavy atom. The second-order valence-electron chi connectivity index (χ2n) is 4.55. The highest BCUT2D eigenvalue weighted by molar-refractivity contribution is 5.93. The number of aromatic carboxylic acids is 1. The van der Waals surface area contributed by atoms with Crippen molar-refractivity contribution in [3.8, 4) is 11.5 Å². The molecular formula is C16H15NO4. The molecule has 0 atom stereocenters. The first-order valence-electron chi connectivity index (χ1n) is 6.35. The summed E-state index contributed by atoms with van der Waals surface area (Å²) in [6.45, 7) is 3.53. The van der Waals surface area contributed by atoms with Crippen molar-refractivity contribution in [2.45, 2.75) is 13.8 Å². The molecule has 0 unspecified atom stereocenters. The summed E-state index contributed by atoms with van der Waals surface area (Å²) in [5.74, 6) is -0.00304. The van der Waals surface area contributed by atoms with Crippen LogP contribution >= 0.6 is 0 Å². The van der Waals surface area contributed by atoms with E-state index in [0.29, 0.717) is 29.2 Å². The highest BCUT2D eigenvalue weighted by Gasteiger charge is 2.16. The van der Waals surface area contributed by atoms with Crippen molar-refractivity contribution < 1.29 is 19.4 Å². The first-order chi connectivity index (χ1) is 10.0. The molecule has 21 heavy (non-hydrogen) atoms. The van der Waals surface area contributed by atoms with Gasteiger partial charge >= 0.3 is 5.97 Å². The number of amides is 1. The van der Waals surface area contributed by atoms with Crippen LogP contribution in [0.15, 0.2) is 36.4 Å². The minimum atomic E-state index is -1.05. The van der Waals surface area contributed by atoms with Crippen molar-refractivity contribution in [1.29, 1.82) is 0 Å². The van der Waals surface area contributed by atoms with Crippen LogP contribution in [0.2, 0.25) is 0 Å². The zero-order valence-corrected chi connectivity index (χ0v) is 11.7. The number of anilines is 1. The summed E-state index contributed by atoms with van der Waals surface area (Å²) < 4.78 is 5.79. The highest BCUT2D eigenvalue weighted by atomic mass is 16.5. The number of nitrogens with one attached hydrogen (secondary N) is 1. The van der Waals surface area contributed by atoms with Gasteiger partial charge in [0.15, 0.2) is 5.75 Å². The Balaban J connectivity index is 2.48. The molecule has 2 aromatic carbocycles. The van der Waals surface area contributed by atoms with Crippen molar-refractivity contribution in [3.63, 3.8) is 0 Å². The average molecular weight is 285 g/mol. The second kappa shape index (κ2) is 6.09. The SMILES string of the molecule is Cc1ccccc1Oc1ccc(C(=O)O)c(C)c1NC=O. The molecule has 5 nitrogen and oxygen atoms in total. The third kappa shape index (κ3) is 3.02. The lowest BCUT2D eigenvalue weighted by Crippen LogP contribution is -2.06. The molecule has 0 saturated carbocycles. The predicted molar refractivity (Wildman–Crippen MR) is 79.1 cm³/mol. The summed E-state index contributed by atoms with van der Waals surface area (Å²) in [6.07, 6.45) is 0.499. The summed E-state index contributed by atoms with van der Waals surface area (Å²) in [7, 11) is 0. The normalized spacial score (nSPS) is 10.0. The van der Waals surface area contributed by atoms with Crippen LogP contribution in [-0.4, -0.2) is 17.5 Å². The van der Waals surface area contributed by atoms with E-state index >= 15 is 0 Å². The van der Waals surface area contributed by atoms with Crippen LogP contribution in [-0.2, 0) is 4.79 Å². The van der Waals surface area contributed by atoms with Gasteiger partial charge < -0.3 is 15.2 Å². The number of aryl methyl sites for hydroxylation is 1. The number of hydrogen-bond acceptors (Lipinski definition) is 3. The van der Waals surface area contributed by atoms with E-state index in [-0.39, 0.29) is 5.56 Å². The van der Waals surface area contributed by atoms with Gasteiger partial charge in [0.1, 0.15) is 5.75 Å². The molecule has 0 saturated heterocycles. The number of rotatable bonds is 5. The minimum Gasteiger partial charge on any atom is -0.478 e. The molecule has 5 heteroatoms. The number of hydrogen-bond donors (Lipinski definition) is 2. The maximum absolute atomic E-state index is 11.1. The molecule has 0 bridgehead atoms. The molecule has 1 amide bonds. The van der Waals surface area contributed by atoms with Gasteiger partial charge in [-0.1, -0.05) is 18.2 Å². The van der Waals surface area contributed by atoms with Gasteiger partial charge in [-0.15, -0.1) is 0 Å². The average Bonchev–Trinajstić information content (AvgIpc) is 2.45. The number of carbonyl (C=O) groups excluding carboxylic acids is 1. The lowest BCUT2D eigenvalue weighted by atomic mass is 10.1. The fourth-order valence-electron chi connectivity index (χ4n) is 2.03. The van der Waals surface area contributed by atoms with Crippen LogP contribution < -0.4 is 10.1 Å². The van der Waals surface area contributed by atoms with E-state index in [1.54, 1.807) is 13.0 Å². The molecule has 0 aromatic heterocycles. The molecule has 2 N–H and O–H groups in total. The summed E-state index contributed by atoms with van der Waals surface area (Å²) >= 11 is 0. The van der Waals surface area contributed by atoms with E-state index in [2.05, 4.69) is 5.32 Å². The molecule has 0 fully saturated rings. The highest BCUT2D eigenvalue weighted by Crippen LogP contribution is 2.35. The Morgan fingerprint density at radius 1 is 1.14 bits per heavy atom. The lowest BCUT2D eigenvalue weighted by Gasteiger charge is -2.15. The number of carboxylic acid groups (broad SMARTS) is 1. The summed E-state index contributed by atoms with van der Waals surface area (Å²) in [6, 6.07) is 10.4. The Hall–Kier alpha value is -2.82. The van der Waals surface area contributed by atoms with Crippen LogP contribution in [0.3, 0.4) is 0 Å². The van der Waals surface area contributed by atoms with Gasteiger partial charge in [0.25, 0.3) is 0 Å². The Morgan fingerprint density at radius 2 is 1.86 bits per heavy atom.